The number of nitrogens with zero attached hydrogens (tertiary/aromatic N) is 1. The molecule has 1 saturated heterocycles. The predicted molar refractivity (Wildman–Crippen MR) is 105 cm³/mol. The van der Waals surface area contributed by atoms with E-state index >= 15 is 0 Å². The topological polar surface area (TPSA) is 57.2 Å². The quantitative estimate of drug-likeness (QED) is 0.444. The molecule has 6 nitrogen and oxygen atoms in total. The number of hydrogen-bond acceptors (Lipinski definition) is 6. The second kappa shape index (κ2) is 8.83. The Kier molecular flexibility index (Phi) is 6.26. The average molecular weight is 387 g/mol. The van der Waals surface area contributed by atoms with E-state index in [-0.39, 0.29) is 0 Å². The number of morpholine rings is 1. The Morgan fingerprint density at radius 3 is 2.22 bits per heavy atom. The fraction of sp³-hybridized carbons (Fsp3) is 0.300. The lowest BCUT2D eigenvalue weighted by Crippen LogP contribution is -2.40. The Morgan fingerprint density at radius 2 is 1.59 bits per heavy atom. The predicted octanol–water partition coefficient (Wildman–Crippen LogP) is 2.93. The summed E-state index contributed by atoms with van der Waals surface area (Å²) >= 11 is 5.54. The lowest BCUT2D eigenvalue weighted by atomic mass is 10.2. The van der Waals surface area contributed by atoms with E-state index in [1.807, 2.05) is 12.1 Å². The van der Waals surface area contributed by atoms with Gasteiger partial charge in [0.2, 0.25) is 0 Å². The van der Waals surface area contributed by atoms with Crippen LogP contribution in [0.15, 0.2) is 42.5 Å². The third-order valence-corrected chi connectivity index (χ3v) is 4.72. The molecule has 7 heteroatoms. The molecular weight excluding hydrogens is 366 g/mol. The van der Waals surface area contributed by atoms with E-state index in [1.54, 1.807) is 37.4 Å². The molecule has 1 fully saturated rings. The maximum Gasteiger partial charge on any atom is 0.343 e. The van der Waals surface area contributed by atoms with Gasteiger partial charge >= 0.3 is 5.97 Å². The van der Waals surface area contributed by atoms with Crippen molar-refractivity contribution in [1.82, 2.24) is 4.90 Å². The van der Waals surface area contributed by atoms with Crippen LogP contribution in [0.2, 0.25) is 0 Å². The average Bonchev–Trinajstić information content (AvgIpc) is 2.73. The number of carbonyl (C=O) groups is 1. The van der Waals surface area contributed by atoms with Gasteiger partial charge in [0.05, 0.1) is 33.0 Å². The number of methoxy groups -OCH3 is 2. The number of benzene rings is 2. The van der Waals surface area contributed by atoms with Crippen LogP contribution in [0.4, 0.5) is 0 Å². The summed E-state index contributed by atoms with van der Waals surface area (Å²) in [5, 5.41) is 0. The molecule has 0 amide bonds. The fourth-order valence-electron chi connectivity index (χ4n) is 2.74. The molecule has 2 aromatic rings. The molecule has 1 aliphatic rings. The number of ether oxygens (including phenoxy) is 4. The zero-order valence-corrected chi connectivity index (χ0v) is 16.1. The van der Waals surface area contributed by atoms with Crippen LogP contribution < -0.4 is 14.2 Å². The normalized spacial score (nSPS) is 13.8. The maximum absolute atomic E-state index is 12.4. The van der Waals surface area contributed by atoms with Crippen LogP contribution in [-0.4, -0.2) is 56.4 Å². The third-order valence-electron chi connectivity index (χ3n) is 4.23. The van der Waals surface area contributed by atoms with Gasteiger partial charge in [-0.3, -0.25) is 0 Å². The zero-order valence-electron chi connectivity index (χ0n) is 15.3. The number of hydrogen-bond donors (Lipinski definition) is 0. The van der Waals surface area contributed by atoms with Crippen molar-refractivity contribution < 1.29 is 23.7 Å². The van der Waals surface area contributed by atoms with Gasteiger partial charge in [0.15, 0.2) is 11.5 Å². The molecule has 0 radical (unpaired) electrons. The van der Waals surface area contributed by atoms with E-state index in [1.165, 1.54) is 7.11 Å². The highest BCUT2D eigenvalue weighted by molar-refractivity contribution is 7.80. The molecule has 142 valence electrons. The lowest BCUT2D eigenvalue weighted by molar-refractivity contribution is 0.0692. The van der Waals surface area contributed by atoms with Crippen molar-refractivity contribution in [1.29, 1.82) is 0 Å². The van der Waals surface area contributed by atoms with Crippen LogP contribution in [0.1, 0.15) is 15.9 Å². The number of carbonyl (C=O) groups excluding carboxylic acids is 1. The minimum Gasteiger partial charge on any atom is -0.493 e. The maximum atomic E-state index is 12.4. The Hall–Kier alpha value is -2.64. The van der Waals surface area contributed by atoms with Crippen molar-refractivity contribution in [3.63, 3.8) is 0 Å². The monoisotopic (exact) mass is 387 g/mol. The summed E-state index contributed by atoms with van der Waals surface area (Å²) in [4.78, 5) is 15.3. The minimum absolute atomic E-state index is 0.376. The van der Waals surface area contributed by atoms with Gasteiger partial charge in [0.25, 0.3) is 0 Å². The highest BCUT2D eigenvalue weighted by atomic mass is 32.1. The van der Waals surface area contributed by atoms with E-state index in [4.69, 9.17) is 31.2 Å². The summed E-state index contributed by atoms with van der Waals surface area (Å²) in [5.74, 6) is 0.996. The summed E-state index contributed by atoms with van der Waals surface area (Å²) in [6.07, 6.45) is 0. The largest absolute Gasteiger partial charge is 0.493 e. The van der Waals surface area contributed by atoms with Crippen molar-refractivity contribution in [2.75, 3.05) is 40.5 Å². The van der Waals surface area contributed by atoms with E-state index in [0.717, 1.165) is 23.6 Å². The third kappa shape index (κ3) is 4.56. The molecule has 0 unspecified atom stereocenters. The first-order valence-electron chi connectivity index (χ1n) is 8.53. The summed E-state index contributed by atoms with van der Waals surface area (Å²) in [6.45, 7) is 2.94. The van der Waals surface area contributed by atoms with Gasteiger partial charge in [0, 0.05) is 18.7 Å². The van der Waals surface area contributed by atoms with Gasteiger partial charge in [-0.05, 0) is 42.5 Å². The highest BCUT2D eigenvalue weighted by Crippen LogP contribution is 2.28. The van der Waals surface area contributed by atoms with Crippen LogP contribution >= 0.6 is 12.2 Å². The zero-order chi connectivity index (χ0) is 19.2. The minimum atomic E-state index is -0.473. The summed E-state index contributed by atoms with van der Waals surface area (Å²) < 4.78 is 21.2. The van der Waals surface area contributed by atoms with Gasteiger partial charge in [0.1, 0.15) is 10.7 Å². The molecule has 0 saturated carbocycles. The smallest absolute Gasteiger partial charge is 0.343 e. The first kappa shape index (κ1) is 19.1. The number of rotatable bonds is 5. The molecule has 0 N–H and O–H groups in total. The summed E-state index contributed by atoms with van der Waals surface area (Å²) in [6, 6.07) is 12.1. The fourth-order valence-corrected chi connectivity index (χ4v) is 3.06. The van der Waals surface area contributed by atoms with Crippen molar-refractivity contribution >= 4 is 23.2 Å². The first-order chi connectivity index (χ1) is 13.1. The molecule has 0 spiro atoms. The van der Waals surface area contributed by atoms with Crippen LogP contribution in [0.25, 0.3) is 0 Å². The summed E-state index contributed by atoms with van der Waals surface area (Å²) in [5.41, 5.74) is 1.29. The standard InChI is InChI=1S/C20H21NO5S/c1-23-17-8-5-15(13-18(17)24-2)20(22)26-16-6-3-14(4-7-16)19(27)21-9-11-25-12-10-21/h3-8,13H,9-12H2,1-2H3. The van der Waals surface area contributed by atoms with Crippen molar-refractivity contribution in [3.8, 4) is 17.2 Å². The van der Waals surface area contributed by atoms with E-state index < -0.39 is 5.97 Å². The van der Waals surface area contributed by atoms with Crippen molar-refractivity contribution in [3.05, 3.63) is 53.6 Å². The summed E-state index contributed by atoms with van der Waals surface area (Å²) in [7, 11) is 3.06. The van der Waals surface area contributed by atoms with Gasteiger partial charge in [-0.2, -0.15) is 0 Å². The second-order valence-corrected chi connectivity index (χ2v) is 6.27. The van der Waals surface area contributed by atoms with E-state index in [0.29, 0.717) is 36.0 Å². The molecule has 0 atom stereocenters. The second-order valence-electron chi connectivity index (χ2n) is 5.89. The molecule has 1 aliphatic heterocycles. The van der Waals surface area contributed by atoms with Crippen LogP contribution in [0.3, 0.4) is 0 Å². The van der Waals surface area contributed by atoms with Crippen LogP contribution in [-0.2, 0) is 4.74 Å². The van der Waals surface area contributed by atoms with Crippen LogP contribution in [0.5, 0.6) is 17.2 Å². The highest BCUT2D eigenvalue weighted by Gasteiger charge is 2.16. The molecule has 0 bridgehead atoms. The molecule has 1 heterocycles. The molecule has 27 heavy (non-hydrogen) atoms. The number of thiocarbonyl (C=S) groups is 1. The SMILES string of the molecule is COc1ccc(C(=O)Oc2ccc(C(=S)N3CCOCC3)cc2)cc1OC. The molecule has 0 aliphatic carbocycles. The van der Waals surface area contributed by atoms with E-state index in [2.05, 4.69) is 4.90 Å². The number of esters is 1. The van der Waals surface area contributed by atoms with Gasteiger partial charge in [-0.25, -0.2) is 4.79 Å². The van der Waals surface area contributed by atoms with E-state index in [9.17, 15) is 4.79 Å². The van der Waals surface area contributed by atoms with Crippen LogP contribution in [0, 0.1) is 0 Å². The Labute approximate surface area is 163 Å². The Balaban J connectivity index is 1.67. The Bertz CT molecular complexity index is 816. The molecule has 2 aromatic carbocycles. The van der Waals surface area contributed by atoms with Gasteiger partial charge < -0.3 is 23.8 Å². The molecule has 0 aromatic heterocycles. The first-order valence-corrected chi connectivity index (χ1v) is 8.94. The molecular formula is C20H21NO5S. The Morgan fingerprint density at radius 1 is 0.963 bits per heavy atom. The molecule has 3 rings (SSSR count). The van der Waals surface area contributed by atoms with Crippen molar-refractivity contribution in [2.24, 2.45) is 0 Å². The van der Waals surface area contributed by atoms with Gasteiger partial charge in [-0.1, -0.05) is 12.2 Å². The van der Waals surface area contributed by atoms with Gasteiger partial charge in [-0.15, -0.1) is 0 Å². The lowest BCUT2D eigenvalue weighted by Gasteiger charge is -2.29. The van der Waals surface area contributed by atoms with Crippen molar-refractivity contribution in [2.45, 2.75) is 0 Å².